The summed E-state index contributed by atoms with van der Waals surface area (Å²) in [6.07, 6.45) is 0.562. The van der Waals surface area contributed by atoms with Gasteiger partial charge in [-0.1, -0.05) is 47.5 Å². The van der Waals surface area contributed by atoms with E-state index in [0.717, 1.165) is 22.3 Å². The molecule has 5 heteroatoms. The van der Waals surface area contributed by atoms with Gasteiger partial charge in [-0.25, -0.2) is 0 Å². The summed E-state index contributed by atoms with van der Waals surface area (Å²) in [6, 6.07) is 12.7. The molecular weight excluding hydrogens is 338 g/mol. The third-order valence-corrected chi connectivity index (χ3v) is 4.28. The molecule has 0 radical (unpaired) electrons. The number of carboxylic acids is 1. The van der Waals surface area contributed by atoms with Crippen LogP contribution in [0.25, 0.3) is 0 Å². The van der Waals surface area contributed by atoms with Crippen molar-refractivity contribution in [2.45, 2.75) is 39.2 Å². The zero-order valence-corrected chi connectivity index (χ0v) is 15.1. The van der Waals surface area contributed by atoms with E-state index in [4.69, 9.17) is 16.7 Å². The second-order valence-corrected chi connectivity index (χ2v) is 6.74. The van der Waals surface area contributed by atoms with Crippen molar-refractivity contribution in [3.8, 4) is 0 Å². The number of hydrogen-bond acceptors (Lipinski definition) is 2. The lowest BCUT2D eigenvalue weighted by Crippen LogP contribution is -2.39. The summed E-state index contributed by atoms with van der Waals surface area (Å²) in [5.74, 6) is -1.11. The van der Waals surface area contributed by atoms with Crippen molar-refractivity contribution in [1.82, 2.24) is 5.32 Å². The van der Waals surface area contributed by atoms with Crippen LogP contribution in [0.3, 0.4) is 0 Å². The van der Waals surface area contributed by atoms with Crippen molar-refractivity contribution in [3.63, 3.8) is 0 Å². The number of aryl methyl sites for hydroxylation is 2. The van der Waals surface area contributed by atoms with Gasteiger partial charge in [0, 0.05) is 11.1 Å². The fourth-order valence-corrected chi connectivity index (χ4v) is 2.91. The van der Waals surface area contributed by atoms with E-state index >= 15 is 0 Å². The Morgan fingerprint density at radius 1 is 1.12 bits per heavy atom. The van der Waals surface area contributed by atoms with Crippen molar-refractivity contribution in [2.75, 3.05) is 0 Å². The van der Waals surface area contributed by atoms with Crippen LogP contribution in [0.4, 0.5) is 0 Å². The first kappa shape index (κ1) is 19.0. The Labute approximate surface area is 152 Å². The molecule has 4 nitrogen and oxygen atoms in total. The van der Waals surface area contributed by atoms with Gasteiger partial charge in [0.2, 0.25) is 5.91 Å². The van der Waals surface area contributed by atoms with Crippen molar-refractivity contribution in [1.29, 1.82) is 0 Å². The normalized spacial score (nSPS) is 11.8. The molecule has 0 aliphatic heterocycles. The highest BCUT2D eigenvalue weighted by molar-refractivity contribution is 6.30. The molecule has 132 valence electrons. The van der Waals surface area contributed by atoms with E-state index in [1.165, 1.54) is 0 Å². The molecule has 1 atom stereocenters. The maximum atomic E-state index is 12.4. The third-order valence-electron chi connectivity index (χ3n) is 4.03. The molecule has 2 N–H and O–H groups in total. The summed E-state index contributed by atoms with van der Waals surface area (Å²) in [5, 5.41) is 12.6. The van der Waals surface area contributed by atoms with Gasteiger partial charge in [-0.15, -0.1) is 0 Å². The van der Waals surface area contributed by atoms with Crippen molar-refractivity contribution >= 4 is 23.5 Å². The van der Waals surface area contributed by atoms with Crippen LogP contribution in [-0.4, -0.2) is 23.0 Å². The summed E-state index contributed by atoms with van der Waals surface area (Å²) in [6.45, 7) is 3.98. The van der Waals surface area contributed by atoms with Gasteiger partial charge in [0.05, 0.1) is 12.8 Å². The van der Waals surface area contributed by atoms with E-state index in [-0.39, 0.29) is 18.7 Å². The van der Waals surface area contributed by atoms with Crippen molar-refractivity contribution < 1.29 is 14.7 Å². The molecule has 0 spiro atoms. The van der Waals surface area contributed by atoms with Gasteiger partial charge >= 0.3 is 5.97 Å². The highest BCUT2D eigenvalue weighted by atomic mass is 35.5. The number of aliphatic carboxylic acids is 1. The SMILES string of the molecule is Cc1ccc(CC(=O)N[C@H](CC(=O)O)Cc2ccc(Cl)cc2)c(C)c1. The first-order valence-electron chi connectivity index (χ1n) is 8.15. The van der Waals surface area contributed by atoms with Crippen LogP contribution >= 0.6 is 11.6 Å². The molecule has 0 unspecified atom stereocenters. The predicted molar refractivity (Wildman–Crippen MR) is 99.0 cm³/mol. The minimum atomic E-state index is -0.939. The number of amides is 1. The first-order chi connectivity index (χ1) is 11.8. The van der Waals surface area contributed by atoms with E-state index in [0.29, 0.717) is 11.4 Å². The molecule has 0 heterocycles. The van der Waals surface area contributed by atoms with Gasteiger partial charge < -0.3 is 10.4 Å². The Morgan fingerprint density at radius 2 is 1.80 bits per heavy atom. The lowest BCUT2D eigenvalue weighted by molar-refractivity contribution is -0.137. The topological polar surface area (TPSA) is 66.4 Å². The average molecular weight is 360 g/mol. The van der Waals surface area contributed by atoms with E-state index < -0.39 is 12.0 Å². The lowest BCUT2D eigenvalue weighted by atomic mass is 10.0. The molecule has 0 saturated carbocycles. The molecule has 0 bridgehead atoms. The molecule has 2 rings (SSSR count). The quantitative estimate of drug-likeness (QED) is 0.792. The minimum absolute atomic E-state index is 0.124. The van der Waals surface area contributed by atoms with Gasteiger partial charge in [-0.2, -0.15) is 0 Å². The third kappa shape index (κ3) is 6.24. The fraction of sp³-hybridized carbons (Fsp3) is 0.300. The van der Waals surface area contributed by atoms with Crippen LogP contribution in [0.15, 0.2) is 42.5 Å². The number of hydrogen-bond donors (Lipinski definition) is 2. The molecule has 0 aliphatic carbocycles. The Morgan fingerprint density at radius 3 is 2.40 bits per heavy atom. The minimum Gasteiger partial charge on any atom is -0.481 e. The summed E-state index contributed by atoms with van der Waals surface area (Å²) in [7, 11) is 0. The monoisotopic (exact) mass is 359 g/mol. The first-order valence-corrected chi connectivity index (χ1v) is 8.53. The average Bonchev–Trinajstić information content (AvgIpc) is 2.51. The van der Waals surface area contributed by atoms with Gasteiger partial charge in [0.1, 0.15) is 0 Å². The Kier molecular flexibility index (Phi) is 6.59. The van der Waals surface area contributed by atoms with Crippen LogP contribution < -0.4 is 5.32 Å². The van der Waals surface area contributed by atoms with Crippen LogP contribution in [-0.2, 0) is 22.4 Å². The van der Waals surface area contributed by atoms with E-state index in [2.05, 4.69) is 5.32 Å². The van der Waals surface area contributed by atoms with Gasteiger partial charge in [-0.3, -0.25) is 9.59 Å². The van der Waals surface area contributed by atoms with E-state index in [1.54, 1.807) is 12.1 Å². The number of rotatable bonds is 7. The van der Waals surface area contributed by atoms with E-state index in [1.807, 2.05) is 44.2 Å². The number of carboxylic acid groups (broad SMARTS) is 1. The van der Waals surface area contributed by atoms with Gasteiger partial charge in [0.25, 0.3) is 0 Å². The summed E-state index contributed by atoms with van der Waals surface area (Å²) in [5.41, 5.74) is 4.09. The fourth-order valence-electron chi connectivity index (χ4n) is 2.79. The number of nitrogens with one attached hydrogen (secondary N) is 1. The second kappa shape index (κ2) is 8.67. The number of benzene rings is 2. The smallest absolute Gasteiger partial charge is 0.305 e. The predicted octanol–water partition coefficient (Wildman–Crippen LogP) is 3.70. The Hall–Kier alpha value is -2.33. The standard InChI is InChI=1S/C20H22ClNO3/c1-13-3-6-16(14(2)9-13)11-19(23)22-18(12-20(24)25)10-15-4-7-17(21)8-5-15/h3-9,18H,10-12H2,1-2H3,(H,22,23)(H,24,25)/t18-/m0/s1. The van der Waals surface area contributed by atoms with Crippen LogP contribution in [0, 0.1) is 13.8 Å². The highest BCUT2D eigenvalue weighted by Crippen LogP contribution is 2.14. The van der Waals surface area contributed by atoms with E-state index in [9.17, 15) is 9.59 Å². The van der Waals surface area contributed by atoms with Crippen molar-refractivity contribution in [3.05, 3.63) is 69.7 Å². The number of halogens is 1. The molecule has 0 aromatic heterocycles. The van der Waals surface area contributed by atoms with Crippen LogP contribution in [0.5, 0.6) is 0 Å². The number of carbonyl (C=O) groups is 2. The van der Waals surface area contributed by atoms with Crippen LogP contribution in [0.2, 0.25) is 5.02 Å². The second-order valence-electron chi connectivity index (χ2n) is 6.30. The Bertz CT molecular complexity index is 756. The molecule has 2 aromatic carbocycles. The zero-order valence-electron chi connectivity index (χ0n) is 14.4. The van der Waals surface area contributed by atoms with Gasteiger partial charge in [0.15, 0.2) is 0 Å². The molecule has 0 saturated heterocycles. The molecular formula is C20H22ClNO3. The molecule has 25 heavy (non-hydrogen) atoms. The maximum absolute atomic E-state index is 12.4. The highest BCUT2D eigenvalue weighted by Gasteiger charge is 2.17. The zero-order chi connectivity index (χ0) is 18.4. The molecule has 0 aliphatic rings. The lowest BCUT2D eigenvalue weighted by Gasteiger charge is -2.18. The summed E-state index contributed by atoms with van der Waals surface area (Å²) >= 11 is 5.87. The maximum Gasteiger partial charge on any atom is 0.305 e. The summed E-state index contributed by atoms with van der Waals surface area (Å²) < 4.78 is 0. The molecule has 0 fully saturated rings. The molecule has 2 aromatic rings. The van der Waals surface area contributed by atoms with Crippen LogP contribution in [0.1, 0.15) is 28.7 Å². The summed E-state index contributed by atoms with van der Waals surface area (Å²) in [4.78, 5) is 23.5. The largest absolute Gasteiger partial charge is 0.481 e. The number of carbonyl (C=O) groups excluding carboxylic acids is 1. The molecule has 1 amide bonds. The van der Waals surface area contributed by atoms with Gasteiger partial charge in [-0.05, 0) is 49.1 Å². The van der Waals surface area contributed by atoms with Crippen molar-refractivity contribution in [2.24, 2.45) is 0 Å². The Balaban J connectivity index is 2.03.